The van der Waals surface area contributed by atoms with E-state index in [1.165, 1.54) is 0 Å². The topological polar surface area (TPSA) is 46.2 Å². The molecule has 1 aromatic rings. The summed E-state index contributed by atoms with van der Waals surface area (Å²) in [5.74, 6) is 0.156. The molecule has 1 aromatic carbocycles. The molecule has 3 nitrogen and oxygen atoms in total. The van der Waals surface area contributed by atoms with E-state index in [9.17, 15) is 9.59 Å². The molecule has 1 amide bonds. The molecular weight excluding hydrogens is 190 g/mol. The Labute approximate surface area is 88.5 Å². The molecule has 0 saturated heterocycles. The molecule has 1 aliphatic rings. The summed E-state index contributed by atoms with van der Waals surface area (Å²) in [7, 11) is 0. The fourth-order valence-corrected chi connectivity index (χ4v) is 2.30. The first-order chi connectivity index (χ1) is 7.29. The van der Waals surface area contributed by atoms with Gasteiger partial charge in [0, 0.05) is 11.5 Å². The van der Waals surface area contributed by atoms with Crippen molar-refractivity contribution < 1.29 is 9.59 Å². The average Bonchev–Trinajstić information content (AvgIpc) is 2.54. The number of hydrogen-bond acceptors (Lipinski definition) is 2. The van der Waals surface area contributed by atoms with Crippen LogP contribution in [0.3, 0.4) is 0 Å². The van der Waals surface area contributed by atoms with Crippen LogP contribution in [-0.2, 0) is 4.79 Å². The van der Waals surface area contributed by atoms with E-state index in [2.05, 4.69) is 5.32 Å². The average molecular weight is 203 g/mol. The van der Waals surface area contributed by atoms with Gasteiger partial charge in [-0.15, -0.1) is 0 Å². The summed E-state index contributed by atoms with van der Waals surface area (Å²) in [6.07, 6.45) is 1.46. The summed E-state index contributed by atoms with van der Waals surface area (Å²) in [6.45, 7) is 2.03. The van der Waals surface area contributed by atoms with Gasteiger partial charge in [-0.25, -0.2) is 0 Å². The standard InChI is InChI=1S/C12H13NO2/c1-2-8-9-5-3-4-6-10(9)12(15)11(8)13-7-14/h3-8,11H,2H2,1H3,(H,13,14). The minimum Gasteiger partial charge on any atom is -0.348 e. The van der Waals surface area contributed by atoms with Crippen LogP contribution in [0.5, 0.6) is 0 Å². The van der Waals surface area contributed by atoms with Crippen molar-refractivity contribution in [2.24, 2.45) is 0 Å². The van der Waals surface area contributed by atoms with Gasteiger partial charge >= 0.3 is 0 Å². The molecule has 78 valence electrons. The van der Waals surface area contributed by atoms with Crippen LogP contribution in [0, 0.1) is 0 Å². The first kappa shape index (κ1) is 9.90. The molecule has 0 spiro atoms. The highest BCUT2D eigenvalue weighted by molar-refractivity contribution is 6.06. The minimum absolute atomic E-state index is 0.0320. The van der Waals surface area contributed by atoms with E-state index in [4.69, 9.17) is 0 Å². The third-order valence-electron chi connectivity index (χ3n) is 3.00. The highest BCUT2D eigenvalue weighted by Gasteiger charge is 2.37. The SMILES string of the molecule is CCC1c2ccccc2C(=O)C1NC=O. The number of ketones is 1. The second kappa shape index (κ2) is 3.85. The van der Waals surface area contributed by atoms with Gasteiger partial charge in [0.25, 0.3) is 0 Å². The molecule has 0 heterocycles. The fourth-order valence-electron chi connectivity index (χ4n) is 2.30. The van der Waals surface area contributed by atoms with Crippen LogP contribution in [0.4, 0.5) is 0 Å². The van der Waals surface area contributed by atoms with Crippen LogP contribution in [0.25, 0.3) is 0 Å². The highest BCUT2D eigenvalue weighted by atomic mass is 16.1. The first-order valence-corrected chi connectivity index (χ1v) is 5.12. The van der Waals surface area contributed by atoms with Gasteiger partial charge < -0.3 is 5.32 Å². The van der Waals surface area contributed by atoms with Gasteiger partial charge in [0.1, 0.15) is 0 Å². The number of rotatable bonds is 3. The lowest BCUT2D eigenvalue weighted by molar-refractivity contribution is -0.110. The van der Waals surface area contributed by atoms with Crippen molar-refractivity contribution in [2.45, 2.75) is 25.3 Å². The summed E-state index contributed by atoms with van der Waals surface area (Å²) in [5.41, 5.74) is 1.81. The van der Waals surface area contributed by atoms with Crippen LogP contribution in [-0.4, -0.2) is 18.2 Å². The van der Waals surface area contributed by atoms with E-state index in [1.54, 1.807) is 0 Å². The lowest BCUT2D eigenvalue weighted by Gasteiger charge is -2.16. The van der Waals surface area contributed by atoms with E-state index >= 15 is 0 Å². The number of carbonyl (C=O) groups is 2. The van der Waals surface area contributed by atoms with E-state index in [-0.39, 0.29) is 17.7 Å². The molecule has 1 N–H and O–H groups in total. The first-order valence-electron chi connectivity index (χ1n) is 5.12. The summed E-state index contributed by atoms with van der Waals surface area (Å²) in [4.78, 5) is 22.4. The Morgan fingerprint density at radius 3 is 2.80 bits per heavy atom. The van der Waals surface area contributed by atoms with Crippen molar-refractivity contribution in [1.29, 1.82) is 0 Å². The van der Waals surface area contributed by atoms with Crippen molar-refractivity contribution in [2.75, 3.05) is 0 Å². The maximum atomic E-state index is 11.9. The molecule has 0 fully saturated rings. The second-order valence-corrected chi connectivity index (χ2v) is 3.73. The van der Waals surface area contributed by atoms with Crippen molar-refractivity contribution in [3.05, 3.63) is 35.4 Å². The minimum atomic E-state index is -0.370. The Morgan fingerprint density at radius 1 is 1.40 bits per heavy atom. The van der Waals surface area contributed by atoms with Crippen LogP contribution in [0.1, 0.15) is 35.2 Å². The van der Waals surface area contributed by atoms with Gasteiger partial charge in [0.2, 0.25) is 6.41 Å². The number of nitrogens with one attached hydrogen (secondary N) is 1. The quantitative estimate of drug-likeness (QED) is 0.756. The molecule has 2 atom stereocenters. The zero-order valence-corrected chi connectivity index (χ0v) is 8.57. The van der Waals surface area contributed by atoms with Crippen LogP contribution >= 0.6 is 0 Å². The number of carbonyl (C=O) groups excluding carboxylic acids is 2. The zero-order chi connectivity index (χ0) is 10.8. The number of fused-ring (bicyclic) bond motifs is 1. The molecule has 2 unspecified atom stereocenters. The Balaban J connectivity index is 2.43. The van der Waals surface area contributed by atoms with Crippen molar-refractivity contribution in [3.63, 3.8) is 0 Å². The molecule has 0 bridgehead atoms. The summed E-state index contributed by atoms with van der Waals surface area (Å²) in [5, 5.41) is 2.61. The van der Waals surface area contributed by atoms with Gasteiger partial charge in [-0.2, -0.15) is 0 Å². The molecule has 1 aliphatic carbocycles. The predicted molar refractivity (Wildman–Crippen MR) is 56.8 cm³/mol. The largest absolute Gasteiger partial charge is 0.348 e. The maximum Gasteiger partial charge on any atom is 0.207 e. The van der Waals surface area contributed by atoms with Gasteiger partial charge in [-0.1, -0.05) is 31.2 Å². The Hall–Kier alpha value is -1.64. The molecule has 0 aliphatic heterocycles. The molecular formula is C12H13NO2. The number of hydrogen-bond donors (Lipinski definition) is 1. The third-order valence-corrected chi connectivity index (χ3v) is 3.00. The van der Waals surface area contributed by atoms with Crippen molar-refractivity contribution in [3.8, 4) is 0 Å². The van der Waals surface area contributed by atoms with E-state index in [1.807, 2.05) is 31.2 Å². The lowest BCUT2D eigenvalue weighted by Crippen LogP contribution is -2.36. The summed E-state index contributed by atoms with van der Waals surface area (Å²) >= 11 is 0. The van der Waals surface area contributed by atoms with Crippen LogP contribution in [0.15, 0.2) is 24.3 Å². The van der Waals surface area contributed by atoms with Crippen molar-refractivity contribution in [1.82, 2.24) is 5.32 Å². The zero-order valence-electron chi connectivity index (χ0n) is 8.57. The van der Waals surface area contributed by atoms with Gasteiger partial charge in [-0.3, -0.25) is 9.59 Å². The summed E-state index contributed by atoms with van der Waals surface area (Å²) in [6, 6.07) is 7.20. The molecule has 2 rings (SSSR count). The Bertz CT molecular complexity index is 400. The molecule has 15 heavy (non-hydrogen) atoms. The highest BCUT2D eigenvalue weighted by Crippen LogP contribution is 2.35. The monoisotopic (exact) mass is 203 g/mol. The van der Waals surface area contributed by atoms with E-state index in [0.717, 1.165) is 17.5 Å². The second-order valence-electron chi connectivity index (χ2n) is 3.73. The van der Waals surface area contributed by atoms with E-state index in [0.29, 0.717) is 6.41 Å². The maximum absolute atomic E-state index is 11.9. The molecule has 3 heteroatoms. The summed E-state index contributed by atoms with van der Waals surface area (Å²) < 4.78 is 0. The fraction of sp³-hybridized carbons (Fsp3) is 0.333. The number of amides is 1. The molecule has 0 saturated carbocycles. The third kappa shape index (κ3) is 1.44. The molecule has 0 aromatic heterocycles. The number of benzene rings is 1. The lowest BCUT2D eigenvalue weighted by atomic mass is 9.96. The smallest absolute Gasteiger partial charge is 0.207 e. The predicted octanol–water partition coefficient (Wildman–Crippen LogP) is 1.49. The Kier molecular flexibility index (Phi) is 2.54. The molecule has 0 radical (unpaired) electrons. The van der Waals surface area contributed by atoms with Gasteiger partial charge in [0.05, 0.1) is 6.04 Å². The van der Waals surface area contributed by atoms with E-state index < -0.39 is 0 Å². The van der Waals surface area contributed by atoms with Crippen molar-refractivity contribution >= 4 is 12.2 Å². The van der Waals surface area contributed by atoms with Crippen LogP contribution < -0.4 is 5.32 Å². The van der Waals surface area contributed by atoms with Gasteiger partial charge in [0.15, 0.2) is 5.78 Å². The van der Waals surface area contributed by atoms with Crippen LogP contribution in [0.2, 0.25) is 0 Å². The van der Waals surface area contributed by atoms with Gasteiger partial charge in [-0.05, 0) is 12.0 Å². The Morgan fingerprint density at radius 2 is 2.13 bits per heavy atom. The normalized spacial score (nSPS) is 23.7. The number of Topliss-reactive ketones (excluding diaryl/α,β-unsaturated/α-hetero) is 1.